The van der Waals surface area contributed by atoms with Gasteiger partial charge >= 0.3 is 13.8 Å². The summed E-state index contributed by atoms with van der Waals surface area (Å²) in [5, 5.41) is 50.3. The van der Waals surface area contributed by atoms with Crippen molar-refractivity contribution in [2.24, 2.45) is 0 Å². The number of aliphatic hydroxyl groups excluding tert-OH is 5. The first-order chi connectivity index (χ1) is 32.0. The van der Waals surface area contributed by atoms with E-state index >= 15 is 0 Å². The van der Waals surface area contributed by atoms with Crippen molar-refractivity contribution in [3.05, 3.63) is 85.1 Å². The molecule has 0 amide bonds. The lowest BCUT2D eigenvalue weighted by molar-refractivity contribution is -0.220. The lowest BCUT2D eigenvalue weighted by Crippen LogP contribution is -2.64. The number of hydrogen-bond donors (Lipinski definition) is 6. The van der Waals surface area contributed by atoms with E-state index in [-0.39, 0.29) is 13.0 Å². The molecule has 6 atom stereocenters. The van der Waals surface area contributed by atoms with Crippen LogP contribution in [0.2, 0.25) is 0 Å². The van der Waals surface area contributed by atoms with Crippen LogP contribution in [-0.4, -0.2) is 98.9 Å². The van der Waals surface area contributed by atoms with Crippen molar-refractivity contribution in [1.29, 1.82) is 0 Å². The lowest BCUT2D eigenvalue weighted by Gasteiger charge is -2.41. The first-order valence-electron chi connectivity index (χ1n) is 25.4. The Labute approximate surface area is 399 Å². The maximum absolute atomic E-state index is 12.8. The van der Waals surface area contributed by atoms with Crippen LogP contribution in [0, 0.1) is 0 Å². The maximum Gasteiger partial charge on any atom is 0.472 e. The van der Waals surface area contributed by atoms with Gasteiger partial charge in [-0.3, -0.25) is 13.8 Å². The van der Waals surface area contributed by atoms with E-state index in [1.54, 1.807) is 0 Å². The second kappa shape index (κ2) is 42.6. The van der Waals surface area contributed by atoms with Crippen molar-refractivity contribution in [2.75, 3.05) is 19.8 Å². The molecule has 12 nitrogen and oxygen atoms in total. The van der Waals surface area contributed by atoms with Crippen LogP contribution in [0.1, 0.15) is 181 Å². The molecule has 0 aromatic heterocycles. The van der Waals surface area contributed by atoms with Gasteiger partial charge in [-0.15, -0.1) is 0 Å². The zero-order valence-electron chi connectivity index (χ0n) is 40.7. The summed E-state index contributed by atoms with van der Waals surface area (Å²) in [5.41, 5.74) is 0. The van der Waals surface area contributed by atoms with Gasteiger partial charge in [-0.25, -0.2) is 4.57 Å². The summed E-state index contributed by atoms with van der Waals surface area (Å²) in [4.78, 5) is 23.2. The molecule has 0 aliphatic heterocycles. The summed E-state index contributed by atoms with van der Waals surface area (Å²) in [6, 6.07) is 0. The van der Waals surface area contributed by atoms with E-state index in [1.807, 2.05) is 12.2 Å². The zero-order chi connectivity index (χ0) is 48.4. The Kier molecular flexibility index (Phi) is 39.7. The average molecular weight is 951 g/mol. The molecule has 1 aliphatic rings. The molecule has 1 saturated carbocycles. The molecule has 13 heteroatoms. The van der Waals surface area contributed by atoms with Gasteiger partial charge in [-0.05, 0) is 77.0 Å². The molecule has 0 aromatic rings. The molecule has 380 valence electrons. The fourth-order valence-electron chi connectivity index (χ4n) is 7.27. The Hall–Kier alpha value is -2.48. The highest BCUT2D eigenvalue weighted by atomic mass is 31.2. The van der Waals surface area contributed by atoms with Gasteiger partial charge in [-0.1, -0.05) is 182 Å². The first kappa shape index (κ1) is 61.5. The minimum absolute atomic E-state index is 0.136. The number of ether oxygens (including phenoxy) is 2. The third kappa shape index (κ3) is 33.9. The van der Waals surface area contributed by atoms with Crippen molar-refractivity contribution >= 4 is 13.8 Å². The molecule has 0 saturated heterocycles. The molecule has 1 aliphatic carbocycles. The van der Waals surface area contributed by atoms with Crippen LogP contribution in [0.5, 0.6) is 0 Å². The predicted octanol–water partition coefficient (Wildman–Crippen LogP) is 11.3. The molecule has 0 bridgehead atoms. The van der Waals surface area contributed by atoms with Gasteiger partial charge in [-0.2, -0.15) is 0 Å². The number of hydrogen-bond acceptors (Lipinski definition) is 11. The monoisotopic (exact) mass is 951 g/mol. The van der Waals surface area contributed by atoms with Gasteiger partial charge in [0.1, 0.15) is 42.7 Å². The standard InChI is InChI=1S/C53H91O12P/c1-3-5-7-9-11-13-15-17-19-21-22-23-24-25-26-27-28-30-32-34-36-38-40-42-47(54)64-46(45-63-66(60,61)65-53-51(58)49(56)48(55)50(57)52(53)59)44-62-43-41-39-37-35-33-31-29-20-18-16-14-12-10-8-6-4-2/h6,8,12,14-15,17-18,20-22,31,33,37,39,46,48-53,55-59H,3-5,7,9-11,13,16,19,23-30,32,34-36,38,40-45H2,1-2H3,(H,60,61)/b8-6-,14-12-,17-15-,20-18-,22-21-,33-31-,39-37-. The number of rotatable bonds is 42. The highest BCUT2D eigenvalue weighted by Gasteiger charge is 2.51. The highest BCUT2D eigenvalue weighted by molar-refractivity contribution is 7.47. The van der Waals surface area contributed by atoms with Crippen LogP contribution in [-0.2, 0) is 27.9 Å². The van der Waals surface area contributed by atoms with Gasteiger partial charge in [0.25, 0.3) is 0 Å². The van der Waals surface area contributed by atoms with Crippen molar-refractivity contribution in [1.82, 2.24) is 0 Å². The molecule has 0 spiro atoms. The number of allylic oxidation sites excluding steroid dienone is 13. The summed E-state index contributed by atoms with van der Waals surface area (Å²) in [5.74, 6) is -0.507. The molecule has 6 N–H and O–H groups in total. The quantitative estimate of drug-likeness (QED) is 0.0147. The summed E-state index contributed by atoms with van der Waals surface area (Å²) < 4.78 is 34.1. The molecule has 0 radical (unpaired) electrons. The predicted molar refractivity (Wildman–Crippen MR) is 267 cm³/mol. The molecule has 1 fully saturated rings. The summed E-state index contributed by atoms with van der Waals surface area (Å²) in [6.45, 7) is 3.92. The van der Waals surface area contributed by atoms with Crippen molar-refractivity contribution in [2.45, 2.75) is 224 Å². The van der Waals surface area contributed by atoms with E-state index in [9.17, 15) is 39.8 Å². The highest BCUT2D eigenvalue weighted by Crippen LogP contribution is 2.47. The number of unbranched alkanes of at least 4 members (excludes halogenated alkanes) is 16. The number of aliphatic hydroxyl groups is 5. The van der Waals surface area contributed by atoms with Crippen LogP contribution in [0.25, 0.3) is 0 Å². The number of phosphoric ester groups is 1. The van der Waals surface area contributed by atoms with E-state index in [0.29, 0.717) is 19.4 Å². The normalized spacial score (nSPS) is 22.1. The van der Waals surface area contributed by atoms with Crippen molar-refractivity contribution < 1.29 is 58.3 Å². The van der Waals surface area contributed by atoms with E-state index in [0.717, 1.165) is 64.2 Å². The summed E-state index contributed by atoms with van der Waals surface area (Å²) in [7, 11) is -5.05. The minimum Gasteiger partial charge on any atom is -0.457 e. The third-order valence-electron chi connectivity index (χ3n) is 11.3. The number of carbonyl (C=O) groups excluding carboxylic acids is 1. The van der Waals surface area contributed by atoms with Gasteiger partial charge in [0, 0.05) is 6.42 Å². The summed E-state index contributed by atoms with van der Waals surface area (Å²) in [6.07, 6.45) is 45.3. The van der Waals surface area contributed by atoms with Crippen LogP contribution in [0.4, 0.5) is 0 Å². The molecule has 66 heavy (non-hydrogen) atoms. The second-order valence-electron chi connectivity index (χ2n) is 17.3. The van der Waals surface area contributed by atoms with Gasteiger partial charge < -0.3 is 39.9 Å². The van der Waals surface area contributed by atoms with Gasteiger partial charge in [0.15, 0.2) is 0 Å². The molecular weight excluding hydrogens is 860 g/mol. The Balaban J connectivity index is 2.38. The SMILES string of the molecule is CC/C=C\C/C=C\C/C=C\C/C=C\C/C=C\CCOCC(COP(=O)(O)OC1C(O)C(O)C(O)C(O)C1O)OC(=O)CCCCCCCCCCCCC/C=C\C/C=C\CCCCCCC. The maximum atomic E-state index is 12.8. The molecular formula is C53H91O12P. The molecule has 1 rings (SSSR count). The van der Waals surface area contributed by atoms with E-state index in [1.165, 1.54) is 83.5 Å². The topological polar surface area (TPSA) is 192 Å². The second-order valence-corrected chi connectivity index (χ2v) is 18.7. The fourth-order valence-corrected chi connectivity index (χ4v) is 8.25. The van der Waals surface area contributed by atoms with Crippen LogP contribution in [0.3, 0.4) is 0 Å². The smallest absolute Gasteiger partial charge is 0.457 e. The van der Waals surface area contributed by atoms with E-state index < -0.39 is 63.1 Å². The average Bonchev–Trinajstić information content (AvgIpc) is 3.30. The Bertz CT molecular complexity index is 1410. The van der Waals surface area contributed by atoms with Crippen molar-refractivity contribution in [3.63, 3.8) is 0 Å². The summed E-state index contributed by atoms with van der Waals surface area (Å²) >= 11 is 0. The van der Waals surface area contributed by atoms with Gasteiger partial charge in [0.05, 0.1) is 19.8 Å². The number of phosphoric acid groups is 1. The van der Waals surface area contributed by atoms with Crippen LogP contribution < -0.4 is 0 Å². The first-order valence-corrected chi connectivity index (χ1v) is 26.9. The van der Waals surface area contributed by atoms with Crippen molar-refractivity contribution in [3.8, 4) is 0 Å². The van der Waals surface area contributed by atoms with E-state index in [4.69, 9.17) is 18.5 Å². The Morgan fingerprint density at radius 1 is 0.500 bits per heavy atom. The zero-order valence-corrected chi connectivity index (χ0v) is 41.6. The molecule has 6 unspecified atom stereocenters. The molecule has 0 heterocycles. The molecule has 0 aromatic carbocycles. The minimum atomic E-state index is -5.05. The Morgan fingerprint density at radius 2 is 0.894 bits per heavy atom. The Morgan fingerprint density at radius 3 is 1.36 bits per heavy atom. The fraction of sp³-hybridized carbons (Fsp3) is 0.717. The third-order valence-corrected chi connectivity index (χ3v) is 12.3. The van der Waals surface area contributed by atoms with E-state index in [2.05, 4.69) is 86.8 Å². The lowest BCUT2D eigenvalue weighted by atomic mass is 9.85. The number of carbonyl (C=O) groups is 1. The van der Waals surface area contributed by atoms with Crippen LogP contribution in [0.15, 0.2) is 85.1 Å². The number of esters is 1. The van der Waals surface area contributed by atoms with Gasteiger partial charge in [0.2, 0.25) is 0 Å². The van der Waals surface area contributed by atoms with Crippen LogP contribution >= 0.6 is 7.82 Å². The largest absolute Gasteiger partial charge is 0.472 e.